The second-order valence-electron chi connectivity index (χ2n) is 5.09. The Kier molecular flexibility index (Phi) is 3.64. The minimum absolute atomic E-state index is 0.152. The third kappa shape index (κ3) is 3.13. The molecule has 0 saturated heterocycles. The highest BCUT2D eigenvalue weighted by Crippen LogP contribution is 2.30. The van der Waals surface area contributed by atoms with E-state index in [2.05, 4.69) is 20.9 Å². The molecule has 0 aliphatic carbocycles. The molecular weight excluding hydrogens is 314 g/mol. The summed E-state index contributed by atoms with van der Waals surface area (Å²) in [5.74, 6) is 0.346. The van der Waals surface area contributed by atoms with Crippen molar-refractivity contribution < 1.29 is 14.3 Å². The SMILES string of the molecule is CC(C)(C)Oc1nc2oc(=O)cc(CO)c2cc1Br. The molecule has 0 amide bonds. The van der Waals surface area contributed by atoms with Crippen molar-refractivity contribution in [2.24, 2.45) is 0 Å². The summed E-state index contributed by atoms with van der Waals surface area (Å²) >= 11 is 3.36. The number of nitrogens with zero attached hydrogens (tertiary/aromatic N) is 1. The Morgan fingerprint density at radius 1 is 1.42 bits per heavy atom. The monoisotopic (exact) mass is 327 g/mol. The topological polar surface area (TPSA) is 72.6 Å². The first kappa shape index (κ1) is 14.0. The van der Waals surface area contributed by atoms with Crippen molar-refractivity contribution in [1.29, 1.82) is 0 Å². The molecule has 2 heterocycles. The fraction of sp³-hybridized carbons (Fsp3) is 0.385. The predicted octanol–water partition coefficient (Wildman–Crippen LogP) is 2.62. The first-order valence-corrected chi connectivity index (χ1v) is 6.52. The summed E-state index contributed by atoms with van der Waals surface area (Å²) in [5.41, 5.74) is -0.341. The van der Waals surface area contributed by atoms with Crippen LogP contribution in [0.3, 0.4) is 0 Å². The number of pyridine rings is 1. The van der Waals surface area contributed by atoms with Crippen LogP contribution in [0.25, 0.3) is 11.1 Å². The van der Waals surface area contributed by atoms with Gasteiger partial charge in [0.05, 0.1) is 11.1 Å². The third-order valence-electron chi connectivity index (χ3n) is 2.32. The molecule has 2 aromatic rings. The van der Waals surface area contributed by atoms with E-state index >= 15 is 0 Å². The average Bonchev–Trinajstić information content (AvgIpc) is 2.28. The van der Waals surface area contributed by atoms with Gasteiger partial charge in [0.2, 0.25) is 11.6 Å². The van der Waals surface area contributed by atoms with E-state index in [0.717, 1.165) is 0 Å². The van der Waals surface area contributed by atoms with Crippen LogP contribution in [-0.2, 0) is 6.61 Å². The fourth-order valence-corrected chi connectivity index (χ4v) is 2.00. The molecule has 0 unspecified atom stereocenters. The van der Waals surface area contributed by atoms with Crippen molar-refractivity contribution in [2.75, 3.05) is 0 Å². The molecule has 0 spiro atoms. The van der Waals surface area contributed by atoms with Gasteiger partial charge in [-0.1, -0.05) is 0 Å². The first-order chi connectivity index (χ1) is 8.80. The van der Waals surface area contributed by atoms with Gasteiger partial charge < -0.3 is 14.3 Å². The Labute approximate surface area is 118 Å². The van der Waals surface area contributed by atoms with Crippen LogP contribution in [0.1, 0.15) is 26.3 Å². The lowest BCUT2D eigenvalue weighted by atomic mass is 10.2. The fourth-order valence-electron chi connectivity index (χ4n) is 1.60. The largest absolute Gasteiger partial charge is 0.471 e. The van der Waals surface area contributed by atoms with Crippen LogP contribution >= 0.6 is 15.9 Å². The second kappa shape index (κ2) is 4.94. The molecular formula is C13H14BrNO4. The molecule has 2 rings (SSSR count). The number of halogens is 1. The van der Waals surface area contributed by atoms with E-state index in [0.29, 0.717) is 21.3 Å². The molecule has 0 saturated carbocycles. The Morgan fingerprint density at radius 2 is 2.11 bits per heavy atom. The van der Waals surface area contributed by atoms with Gasteiger partial charge in [-0.15, -0.1) is 0 Å². The minimum atomic E-state index is -0.548. The summed E-state index contributed by atoms with van der Waals surface area (Å²) in [6.07, 6.45) is 0. The molecule has 0 aliphatic rings. The zero-order valence-electron chi connectivity index (χ0n) is 10.9. The van der Waals surface area contributed by atoms with Crippen molar-refractivity contribution in [1.82, 2.24) is 4.98 Å². The van der Waals surface area contributed by atoms with Gasteiger partial charge in [0.1, 0.15) is 5.60 Å². The quantitative estimate of drug-likeness (QED) is 0.917. The van der Waals surface area contributed by atoms with E-state index in [1.807, 2.05) is 20.8 Å². The molecule has 0 aliphatic heterocycles. The molecule has 1 N–H and O–H groups in total. The maximum atomic E-state index is 11.4. The molecule has 6 heteroatoms. The van der Waals surface area contributed by atoms with Gasteiger partial charge in [-0.2, -0.15) is 4.98 Å². The first-order valence-electron chi connectivity index (χ1n) is 5.73. The zero-order valence-corrected chi connectivity index (χ0v) is 12.4. The van der Waals surface area contributed by atoms with Crippen molar-refractivity contribution in [3.05, 3.63) is 32.6 Å². The molecule has 5 nitrogen and oxygen atoms in total. The van der Waals surface area contributed by atoms with Crippen LogP contribution < -0.4 is 10.4 Å². The zero-order chi connectivity index (χ0) is 14.2. The van der Waals surface area contributed by atoms with Crippen molar-refractivity contribution in [3.63, 3.8) is 0 Å². The Bertz CT molecular complexity index is 673. The van der Waals surface area contributed by atoms with Crippen LogP contribution in [0.15, 0.2) is 25.8 Å². The molecule has 2 aromatic heterocycles. The van der Waals surface area contributed by atoms with Crippen molar-refractivity contribution >= 4 is 27.0 Å². The number of fused-ring (bicyclic) bond motifs is 1. The predicted molar refractivity (Wildman–Crippen MR) is 74.3 cm³/mol. The number of ether oxygens (including phenoxy) is 1. The lowest BCUT2D eigenvalue weighted by molar-refractivity contribution is 0.123. The Balaban J connectivity index is 2.65. The standard InChI is InChI=1S/C13H14BrNO4/c1-13(2,3)19-12-9(14)5-8-7(6-16)4-10(17)18-11(8)15-12/h4-5,16H,6H2,1-3H3. The third-order valence-corrected chi connectivity index (χ3v) is 2.89. The summed E-state index contributed by atoms with van der Waals surface area (Å²) in [7, 11) is 0. The number of aromatic nitrogens is 1. The van der Waals surface area contributed by atoms with Gasteiger partial charge in [0.15, 0.2) is 0 Å². The maximum absolute atomic E-state index is 11.4. The van der Waals surface area contributed by atoms with Gasteiger partial charge in [0, 0.05) is 11.5 Å². The average molecular weight is 328 g/mol. The van der Waals surface area contributed by atoms with Crippen molar-refractivity contribution in [2.45, 2.75) is 33.0 Å². The molecule has 0 radical (unpaired) electrons. The summed E-state index contributed by atoms with van der Waals surface area (Å²) < 4.78 is 11.3. The number of hydrogen-bond donors (Lipinski definition) is 1. The summed E-state index contributed by atoms with van der Waals surface area (Å²) in [6, 6.07) is 2.97. The molecule has 0 atom stereocenters. The number of aliphatic hydroxyl groups is 1. The molecule has 0 bridgehead atoms. The highest BCUT2D eigenvalue weighted by Gasteiger charge is 2.17. The number of rotatable bonds is 2. The van der Waals surface area contributed by atoms with Crippen LogP contribution in [0, 0.1) is 0 Å². The second-order valence-corrected chi connectivity index (χ2v) is 5.95. The van der Waals surface area contributed by atoms with Gasteiger partial charge in [0.25, 0.3) is 0 Å². The number of aliphatic hydroxyl groups excluding tert-OH is 1. The Hall–Kier alpha value is -1.40. The molecule has 19 heavy (non-hydrogen) atoms. The lowest BCUT2D eigenvalue weighted by Gasteiger charge is -2.21. The van der Waals surface area contributed by atoms with E-state index in [-0.39, 0.29) is 12.3 Å². The highest BCUT2D eigenvalue weighted by molar-refractivity contribution is 9.10. The normalized spacial score (nSPS) is 11.8. The van der Waals surface area contributed by atoms with Crippen molar-refractivity contribution in [3.8, 4) is 5.88 Å². The van der Waals surface area contributed by atoms with E-state index in [1.54, 1.807) is 6.07 Å². The molecule has 0 aromatic carbocycles. The Morgan fingerprint density at radius 3 is 2.68 bits per heavy atom. The molecule has 0 fully saturated rings. The van der Waals surface area contributed by atoms with Gasteiger partial charge in [-0.05, 0) is 48.3 Å². The van der Waals surface area contributed by atoms with Gasteiger partial charge in [-0.3, -0.25) is 0 Å². The van der Waals surface area contributed by atoms with E-state index in [4.69, 9.17) is 9.15 Å². The van der Waals surface area contributed by atoms with E-state index in [1.165, 1.54) is 6.07 Å². The van der Waals surface area contributed by atoms with E-state index in [9.17, 15) is 9.90 Å². The van der Waals surface area contributed by atoms with Crippen LogP contribution in [-0.4, -0.2) is 15.7 Å². The van der Waals surface area contributed by atoms with Crippen LogP contribution in [0.4, 0.5) is 0 Å². The highest BCUT2D eigenvalue weighted by atomic mass is 79.9. The van der Waals surface area contributed by atoms with Gasteiger partial charge in [-0.25, -0.2) is 4.79 Å². The summed E-state index contributed by atoms with van der Waals surface area (Å²) in [5, 5.41) is 9.83. The van der Waals surface area contributed by atoms with E-state index < -0.39 is 11.2 Å². The van der Waals surface area contributed by atoms with Crippen LogP contribution in [0.5, 0.6) is 5.88 Å². The summed E-state index contributed by atoms with van der Waals surface area (Å²) in [4.78, 5) is 15.6. The maximum Gasteiger partial charge on any atom is 0.337 e. The van der Waals surface area contributed by atoms with Crippen LogP contribution in [0.2, 0.25) is 0 Å². The molecule has 102 valence electrons. The number of hydrogen-bond acceptors (Lipinski definition) is 5. The summed E-state index contributed by atoms with van der Waals surface area (Å²) in [6.45, 7) is 5.43. The van der Waals surface area contributed by atoms with Gasteiger partial charge >= 0.3 is 5.63 Å². The lowest BCUT2D eigenvalue weighted by Crippen LogP contribution is -2.23. The smallest absolute Gasteiger partial charge is 0.337 e. The minimum Gasteiger partial charge on any atom is -0.471 e.